The van der Waals surface area contributed by atoms with Crippen LogP contribution in [0.3, 0.4) is 0 Å². The Hall–Kier alpha value is -2.53. The van der Waals surface area contributed by atoms with Crippen molar-refractivity contribution in [2.75, 3.05) is 12.0 Å². The van der Waals surface area contributed by atoms with Crippen LogP contribution in [0.25, 0.3) is 0 Å². The number of carbonyl (C=O) groups excluding carboxylic acids is 1. The first-order valence-electron chi connectivity index (χ1n) is 10.4. The van der Waals surface area contributed by atoms with Crippen molar-refractivity contribution in [2.24, 2.45) is 11.8 Å². The van der Waals surface area contributed by atoms with E-state index in [1.54, 1.807) is 12.1 Å². The maximum absolute atomic E-state index is 11.9. The number of hydrogen-bond donors (Lipinski definition) is 0. The molecule has 2 aliphatic carbocycles. The number of benzene rings is 1. The normalized spacial score (nSPS) is 34.3. The fourth-order valence-electron chi connectivity index (χ4n) is 6.09. The van der Waals surface area contributed by atoms with Crippen molar-refractivity contribution in [1.82, 2.24) is 0 Å². The van der Waals surface area contributed by atoms with E-state index in [0.29, 0.717) is 17.4 Å². The molecule has 1 heterocycles. The molecule has 146 valence electrons. The number of fused-ring (bicyclic) bond motifs is 2. The number of esters is 1. The highest BCUT2D eigenvalue weighted by atomic mass is 16.5. The molecule has 5 heteroatoms. The second-order valence-electron chi connectivity index (χ2n) is 8.57. The molecule has 0 bridgehead atoms. The molecule has 4 atom stereocenters. The van der Waals surface area contributed by atoms with Gasteiger partial charge >= 0.3 is 5.97 Å². The fourth-order valence-corrected chi connectivity index (χ4v) is 6.09. The van der Waals surface area contributed by atoms with Gasteiger partial charge in [-0.3, -0.25) is 0 Å². The van der Waals surface area contributed by atoms with E-state index in [1.807, 2.05) is 12.1 Å². The highest BCUT2D eigenvalue weighted by Crippen LogP contribution is 2.57. The fraction of sp³-hybridized carbons (Fsp3) is 0.609. The van der Waals surface area contributed by atoms with Gasteiger partial charge in [-0.15, -0.1) is 0 Å². The molecule has 4 unspecified atom stereocenters. The van der Waals surface area contributed by atoms with Gasteiger partial charge in [-0.1, -0.05) is 25.7 Å². The molecular weight excluding hydrogens is 350 g/mol. The van der Waals surface area contributed by atoms with Gasteiger partial charge in [0.1, 0.15) is 11.1 Å². The Bertz CT molecular complexity index is 797. The average molecular weight is 377 g/mol. The van der Waals surface area contributed by atoms with Crippen molar-refractivity contribution in [3.8, 4) is 12.1 Å². The molecule has 2 saturated carbocycles. The zero-order chi connectivity index (χ0) is 19.8. The molecule has 3 fully saturated rings. The molecule has 4 rings (SSSR count). The molecule has 28 heavy (non-hydrogen) atoms. The Balaban J connectivity index is 1.86. The van der Waals surface area contributed by atoms with Gasteiger partial charge in [-0.25, -0.2) is 4.79 Å². The van der Waals surface area contributed by atoms with E-state index in [2.05, 4.69) is 17.0 Å². The summed E-state index contributed by atoms with van der Waals surface area (Å²) in [7, 11) is 1.37. The lowest BCUT2D eigenvalue weighted by Gasteiger charge is -2.62. The molecule has 3 aliphatic rings. The maximum atomic E-state index is 11.9. The molecule has 0 aromatic heterocycles. The van der Waals surface area contributed by atoms with E-state index >= 15 is 0 Å². The number of nitrogens with zero attached hydrogens (tertiary/aromatic N) is 3. The Kier molecular flexibility index (Phi) is 4.79. The number of anilines is 1. The summed E-state index contributed by atoms with van der Waals surface area (Å²) in [5.41, 5.74) is 0.110. The number of hydrogen-bond acceptors (Lipinski definition) is 5. The second kappa shape index (κ2) is 7.13. The third kappa shape index (κ3) is 2.60. The summed E-state index contributed by atoms with van der Waals surface area (Å²) in [6.07, 6.45) is 9.08. The van der Waals surface area contributed by atoms with Crippen molar-refractivity contribution in [3.63, 3.8) is 0 Å². The molecule has 5 nitrogen and oxygen atoms in total. The van der Waals surface area contributed by atoms with Crippen molar-refractivity contribution < 1.29 is 9.53 Å². The summed E-state index contributed by atoms with van der Waals surface area (Å²) in [4.78, 5) is 14.0. The van der Waals surface area contributed by atoms with Crippen LogP contribution in [0.5, 0.6) is 0 Å². The first-order chi connectivity index (χ1) is 13.6. The van der Waals surface area contributed by atoms with Crippen LogP contribution in [-0.2, 0) is 4.74 Å². The monoisotopic (exact) mass is 377 g/mol. The van der Waals surface area contributed by atoms with E-state index in [4.69, 9.17) is 4.74 Å². The third-order valence-corrected chi connectivity index (χ3v) is 7.37. The SMILES string of the molecule is COC(=O)c1ccc(N2C3(C#N)CCCCC3CC3CCCCC32C#N)cc1. The van der Waals surface area contributed by atoms with Crippen LogP contribution >= 0.6 is 0 Å². The molecule has 0 N–H and O–H groups in total. The molecule has 1 aliphatic heterocycles. The van der Waals surface area contributed by atoms with Gasteiger partial charge in [0.2, 0.25) is 0 Å². The maximum Gasteiger partial charge on any atom is 0.337 e. The van der Waals surface area contributed by atoms with Crippen LogP contribution in [0.15, 0.2) is 24.3 Å². The van der Waals surface area contributed by atoms with Gasteiger partial charge in [-0.05, 0) is 68.2 Å². The minimum absolute atomic E-state index is 0.302. The number of carbonyl (C=O) groups is 1. The number of piperidine rings is 1. The Labute approximate surface area is 166 Å². The molecule has 1 aromatic rings. The van der Waals surface area contributed by atoms with Gasteiger partial charge < -0.3 is 9.64 Å². The summed E-state index contributed by atoms with van der Waals surface area (Å²) in [5.74, 6) is 0.230. The van der Waals surface area contributed by atoms with Crippen molar-refractivity contribution in [3.05, 3.63) is 29.8 Å². The van der Waals surface area contributed by atoms with Crippen LogP contribution in [0.2, 0.25) is 0 Å². The third-order valence-electron chi connectivity index (χ3n) is 7.37. The Morgan fingerprint density at radius 2 is 1.54 bits per heavy atom. The van der Waals surface area contributed by atoms with Crippen LogP contribution in [0.4, 0.5) is 5.69 Å². The summed E-state index contributed by atoms with van der Waals surface area (Å²) < 4.78 is 4.82. The zero-order valence-corrected chi connectivity index (χ0v) is 16.5. The van der Waals surface area contributed by atoms with Gasteiger partial charge in [-0.2, -0.15) is 10.5 Å². The van der Waals surface area contributed by atoms with E-state index in [0.717, 1.165) is 63.5 Å². The molecule has 1 aromatic carbocycles. The highest BCUT2D eigenvalue weighted by Gasteiger charge is 2.61. The lowest BCUT2D eigenvalue weighted by atomic mass is 9.57. The number of nitriles is 2. The Morgan fingerprint density at radius 1 is 1.00 bits per heavy atom. The number of ether oxygens (including phenoxy) is 1. The first kappa shape index (κ1) is 18.8. The zero-order valence-electron chi connectivity index (χ0n) is 16.5. The predicted octanol–water partition coefficient (Wildman–Crippen LogP) is 4.59. The highest BCUT2D eigenvalue weighted by molar-refractivity contribution is 5.89. The van der Waals surface area contributed by atoms with E-state index in [9.17, 15) is 15.3 Å². The number of rotatable bonds is 2. The van der Waals surface area contributed by atoms with Crippen LogP contribution in [-0.4, -0.2) is 24.2 Å². The summed E-state index contributed by atoms with van der Waals surface area (Å²) in [6, 6.07) is 12.7. The van der Waals surface area contributed by atoms with Crippen molar-refractivity contribution >= 4 is 11.7 Å². The van der Waals surface area contributed by atoms with Crippen molar-refractivity contribution in [1.29, 1.82) is 10.5 Å². The van der Waals surface area contributed by atoms with E-state index in [1.165, 1.54) is 7.11 Å². The lowest BCUT2D eigenvalue weighted by Crippen LogP contribution is -2.71. The van der Waals surface area contributed by atoms with Gasteiger partial charge in [0.15, 0.2) is 0 Å². The van der Waals surface area contributed by atoms with Gasteiger partial charge in [0.25, 0.3) is 0 Å². The topological polar surface area (TPSA) is 77.1 Å². The minimum atomic E-state index is -0.630. The summed E-state index contributed by atoms with van der Waals surface area (Å²) in [6.45, 7) is 0. The minimum Gasteiger partial charge on any atom is -0.465 e. The first-order valence-corrected chi connectivity index (χ1v) is 10.4. The van der Waals surface area contributed by atoms with Gasteiger partial charge in [0.05, 0.1) is 24.8 Å². The van der Waals surface area contributed by atoms with E-state index < -0.39 is 11.1 Å². The van der Waals surface area contributed by atoms with Gasteiger partial charge in [0, 0.05) is 5.69 Å². The molecule has 0 amide bonds. The smallest absolute Gasteiger partial charge is 0.337 e. The molecule has 0 spiro atoms. The lowest BCUT2D eigenvalue weighted by molar-refractivity contribution is 0.0599. The second-order valence-corrected chi connectivity index (χ2v) is 8.57. The number of methoxy groups -OCH3 is 1. The molecular formula is C23H27N3O2. The van der Waals surface area contributed by atoms with Crippen molar-refractivity contribution in [2.45, 2.75) is 68.9 Å². The van der Waals surface area contributed by atoms with E-state index in [-0.39, 0.29) is 5.97 Å². The summed E-state index contributed by atoms with van der Waals surface area (Å²) in [5, 5.41) is 20.8. The van der Waals surface area contributed by atoms with Crippen LogP contribution in [0.1, 0.15) is 68.1 Å². The quantitative estimate of drug-likeness (QED) is 0.705. The van der Waals surface area contributed by atoms with Crippen LogP contribution < -0.4 is 4.90 Å². The predicted molar refractivity (Wildman–Crippen MR) is 105 cm³/mol. The van der Waals surface area contributed by atoms with Crippen LogP contribution in [0, 0.1) is 34.5 Å². The summed E-state index contributed by atoms with van der Waals surface area (Å²) >= 11 is 0. The molecule has 1 saturated heterocycles. The average Bonchev–Trinajstić information content (AvgIpc) is 2.76. The Morgan fingerprint density at radius 3 is 2.00 bits per heavy atom. The largest absolute Gasteiger partial charge is 0.465 e. The molecule has 0 radical (unpaired) electrons. The standard InChI is InChI=1S/C23H27N3O2/c1-28-21(27)17-8-10-20(11-9-17)26-22(15-24)12-4-2-6-18(22)14-19-7-3-5-13-23(19,26)16-25/h8-11,18-19H,2-7,12-14H2,1H3.